The molecule has 2 aromatic rings. The topological polar surface area (TPSA) is 98.6 Å². The van der Waals surface area contributed by atoms with Crippen LogP contribution >= 0.6 is 11.8 Å². The fourth-order valence-corrected chi connectivity index (χ4v) is 2.36. The lowest BCUT2D eigenvalue weighted by Gasteiger charge is -2.06. The van der Waals surface area contributed by atoms with E-state index in [1.807, 2.05) is 6.07 Å². The summed E-state index contributed by atoms with van der Waals surface area (Å²) in [5, 5.41) is 12.1. The van der Waals surface area contributed by atoms with E-state index in [1.54, 1.807) is 24.3 Å². The number of aromatic amines is 1. The molecule has 0 spiro atoms. The molecule has 0 aliphatic carbocycles. The van der Waals surface area contributed by atoms with E-state index in [9.17, 15) is 9.59 Å². The molecule has 2 N–H and O–H groups in total. The summed E-state index contributed by atoms with van der Waals surface area (Å²) < 4.78 is 0. The zero-order chi connectivity index (χ0) is 15.1. The molecule has 1 amide bonds. The number of carbonyl (C=O) groups is 1. The fraction of sp³-hybridized carbons (Fsp3) is 0.143. The Kier molecular flexibility index (Phi) is 5.12. The van der Waals surface area contributed by atoms with Gasteiger partial charge in [-0.2, -0.15) is 5.26 Å². The molecule has 0 unspecified atom stereocenters. The first-order valence-electron chi connectivity index (χ1n) is 6.16. The molecule has 0 bridgehead atoms. The van der Waals surface area contributed by atoms with Gasteiger partial charge in [0.2, 0.25) is 5.91 Å². The van der Waals surface area contributed by atoms with E-state index in [2.05, 4.69) is 15.3 Å². The summed E-state index contributed by atoms with van der Waals surface area (Å²) >= 11 is 1.29. The first-order valence-corrected chi connectivity index (χ1v) is 7.14. The van der Waals surface area contributed by atoms with Crippen LogP contribution in [0.4, 0.5) is 5.69 Å². The van der Waals surface area contributed by atoms with Gasteiger partial charge < -0.3 is 10.3 Å². The van der Waals surface area contributed by atoms with Crippen LogP contribution in [0.5, 0.6) is 0 Å². The lowest BCUT2D eigenvalue weighted by Crippen LogP contribution is -2.13. The van der Waals surface area contributed by atoms with Gasteiger partial charge in [0, 0.05) is 24.4 Å². The molecule has 0 aliphatic rings. The summed E-state index contributed by atoms with van der Waals surface area (Å²) in [6.07, 6.45) is 1.67. The van der Waals surface area contributed by atoms with Crippen LogP contribution in [-0.4, -0.2) is 21.6 Å². The Labute approximate surface area is 125 Å². The van der Waals surface area contributed by atoms with E-state index in [1.165, 1.54) is 24.0 Å². The van der Waals surface area contributed by atoms with Crippen LogP contribution in [0.3, 0.4) is 0 Å². The molecule has 1 heterocycles. The van der Waals surface area contributed by atoms with E-state index in [-0.39, 0.29) is 17.9 Å². The molecule has 0 saturated carbocycles. The summed E-state index contributed by atoms with van der Waals surface area (Å²) in [7, 11) is 0. The molecule has 0 aliphatic heterocycles. The van der Waals surface area contributed by atoms with Crippen molar-refractivity contribution in [3.8, 4) is 6.07 Å². The lowest BCUT2D eigenvalue weighted by molar-refractivity contribution is -0.115. The average molecular weight is 300 g/mol. The highest BCUT2D eigenvalue weighted by molar-refractivity contribution is 7.99. The quantitative estimate of drug-likeness (QED) is 0.647. The number of nitriles is 1. The zero-order valence-electron chi connectivity index (χ0n) is 11.0. The molecule has 21 heavy (non-hydrogen) atoms. The van der Waals surface area contributed by atoms with Crippen molar-refractivity contribution >= 4 is 23.4 Å². The first kappa shape index (κ1) is 14.8. The van der Waals surface area contributed by atoms with Gasteiger partial charge in [-0.15, -0.1) is 0 Å². The normalized spacial score (nSPS) is 9.86. The van der Waals surface area contributed by atoms with E-state index >= 15 is 0 Å². The third kappa shape index (κ3) is 4.47. The van der Waals surface area contributed by atoms with Gasteiger partial charge in [-0.05, 0) is 12.1 Å². The summed E-state index contributed by atoms with van der Waals surface area (Å²) in [5.74, 6) is 0.288. The second-order valence-corrected chi connectivity index (χ2v) is 5.13. The van der Waals surface area contributed by atoms with Gasteiger partial charge in [-0.3, -0.25) is 9.59 Å². The van der Waals surface area contributed by atoms with Crippen LogP contribution in [0.1, 0.15) is 12.0 Å². The molecule has 0 atom stereocenters. The molecule has 106 valence electrons. The Balaban J connectivity index is 1.85. The molecule has 0 fully saturated rings. The highest BCUT2D eigenvalue weighted by atomic mass is 32.2. The maximum Gasteiger partial charge on any atom is 0.251 e. The Morgan fingerprint density at radius 1 is 1.38 bits per heavy atom. The van der Waals surface area contributed by atoms with Gasteiger partial charge >= 0.3 is 0 Å². The summed E-state index contributed by atoms with van der Waals surface area (Å²) in [6, 6.07) is 10.2. The van der Waals surface area contributed by atoms with Gasteiger partial charge in [-0.1, -0.05) is 23.9 Å². The summed E-state index contributed by atoms with van der Waals surface area (Å²) in [6.45, 7) is 0. The van der Waals surface area contributed by atoms with E-state index in [0.717, 1.165) is 0 Å². The third-order valence-electron chi connectivity index (χ3n) is 2.54. The Morgan fingerprint density at radius 2 is 2.19 bits per heavy atom. The number of nitrogens with one attached hydrogen (secondary N) is 2. The van der Waals surface area contributed by atoms with Gasteiger partial charge in [0.15, 0.2) is 5.16 Å². The van der Waals surface area contributed by atoms with Crippen LogP contribution < -0.4 is 10.9 Å². The average Bonchev–Trinajstić information content (AvgIpc) is 2.48. The van der Waals surface area contributed by atoms with Gasteiger partial charge in [-0.25, -0.2) is 4.98 Å². The number of carbonyl (C=O) groups excluding carboxylic acids is 1. The van der Waals surface area contributed by atoms with Crippen molar-refractivity contribution in [2.24, 2.45) is 0 Å². The monoisotopic (exact) mass is 300 g/mol. The van der Waals surface area contributed by atoms with Crippen LogP contribution in [0, 0.1) is 11.3 Å². The molecule has 0 radical (unpaired) electrons. The Bertz CT molecular complexity index is 736. The highest BCUT2D eigenvalue weighted by Gasteiger charge is 2.06. The lowest BCUT2D eigenvalue weighted by atomic mass is 10.2. The van der Waals surface area contributed by atoms with Gasteiger partial charge in [0.05, 0.1) is 11.3 Å². The number of nitrogens with zero attached hydrogens (tertiary/aromatic N) is 2. The maximum atomic E-state index is 11.8. The molecule has 6 nitrogen and oxygen atoms in total. The largest absolute Gasteiger partial charge is 0.325 e. The SMILES string of the molecule is N#Cc1ccccc1NC(=O)CCSc1nccc(=O)[nH]1. The molecule has 0 saturated heterocycles. The number of thioether (sulfide) groups is 1. The molecule has 2 rings (SSSR count). The number of para-hydroxylation sites is 1. The molecule has 7 heteroatoms. The van der Waals surface area contributed by atoms with Crippen molar-refractivity contribution in [2.45, 2.75) is 11.6 Å². The minimum absolute atomic E-state index is 0.191. The predicted molar refractivity (Wildman–Crippen MR) is 80.0 cm³/mol. The molecular formula is C14H12N4O2S. The number of benzene rings is 1. The zero-order valence-corrected chi connectivity index (χ0v) is 11.8. The van der Waals surface area contributed by atoms with Gasteiger partial charge in [0.1, 0.15) is 6.07 Å². The number of rotatable bonds is 5. The number of amides is 1. The van der Waals surface area contributed by atoms with Crippen LogP contribution in [0.15, 0.2) is 46.5 Å². The van der Waals surface area contributed by atoms with Crippen molar-refractivity contribution in [3.63, 3.8) is 0 Å². The van der Waals surface area contributed by atoms with E-state index in [4.69, 9.17) is 5.26 Å². The van der Waals surface area contributed by atoms with Crippen molar-refractivity contribution in [1.82, 2.24) is 9.97 Å². The number of anilines is 1. The Morgan fingerprint density at radius 3 is 2.95 bits per heavy atom. The molecular weight excluding hydrogens is 288 g/mol. The standard InChI is InChI=1S/C14H12N4O2S/c15-9-10-3-1-2-4-11(10)17-13(20)6-8-21-14-16-7-5-12(19)18-14/h1-5,7H,6,8H2,(H,17,20)(H,16,18,19). The van der Waals surface area contributed by atoms with Crippen LogP contribution in [0.2, 0.25) is 0 Å². The van der Waals surface area contributed by atoms with Crippen molar-refractivity contribution < 1.29 is 4.79 Å². The van der Waals surface area contributed by atoms with Crippen molar-refractivity contribution in [2.75, 3.05) is 11.1 Å². The summed E-state index contributed by atoms with van der Waals surface area (Å²) in [4.78, 5) is 29.4. The minimum Gasteiger partial charge on any atom is -0.325 e. The third-order valence-corrected chi connectivity index (χ3v) is 3.43. The van der Waals surface area contributed by atoms with E-state index in [0.29, 0.717) is 22.2 Å². The highest BCUT2D eigenvalue weighted by Crippen LogP contribution is 2.15. The second-order valence-electron chi connectivity index (χ2n) is 4.04. The Hall–Kier alpha value is -2.59. The molecule has 1 aromatic carbocycles. The van der Waals surface area contributed by atoms with E-state index < -0.39 is 0 Å². The summed E-state index contributed by atoms with van der Waals surface area (Å²) in [5.41, 5.74) is 0.703. The number of hydrogen-bond donors (Lipinski definition) is 2. The predicted octanol–water partition coefficient (Wildman–Crippen LogP) is 1.76. The number of hydrogen-bond acceptors (Lipinski definition) is 5. The minimum atomic E-state index is -0.222. The number of H-pyrrole nitrogens is 1. The maximum absolute atomic E-state index is 11.8. The van der Waals surface area contributed by atoms with Crippen LogP contribution in [0.25, 0.3) is 0 Å². The second kappa shape index (κ2) is 7.26. The van der Waals surface area contributed by atoms with Crippen molar-refractivity contribution in [3.05, 3.63) is 52.4 Å². The number of aromatic nitrogens is 2. The smallest absolute Gasteiger partial charge is 0.251 e. The first-order chi connectivity index (χ1) is 10.2. The fourth-order valence-electron chi connectivity index (χ4n) is 1.57. The van der Waals surface area contributed by atoms with Crippen LogP contribution in [-0.2, 0) is 4.79 Å². The molecule has 1 aromatic heterocycles. The van der Waals surface area contributed by atoms with Crippen molar-refractivity contribution in [1.29, 1.82) is 5.26 Å². The van der Waals surface area contributed by atoms with Gasteiger partial charge in [0.25, 0.3) is 5.56 Å².